The topological polar surface area (TPSA) is 89.5 Å². The first-order valence-electron chi connectivity index (χ1n) is 8.61. The lowest BCUT2D eigenvalue weighted by molar-refractivity contribution is -0.136. The van der Waals surface area contributed by atoms with Gasteiger partial charge in [0.15, 0.2) is 0 Å². The van der Waals surface area contributed by atoms with Crippen LogP contribution in [0.2, 0.25) is 0 Å². The monoisotopic (exact) mass is 375 g/mol. The van der Waals surface area contributed by atoms with E-state index >= 15 is 0 Å². The summed E-state index contributed by atoms with van der Waals surface area (Å²) in [5.41, 5.74) is 2.03. The molecule has 0 fully saturated rings. The third-order valence-corrected chi connectivity index (χ3v) is 3.87. The second-order valence-corrected chi connectivity index (χ2v) is 5.91. The molecule has 140 valence electrons. The molecule has 0 bridgehead atoms. The van der Waals surface area contributed by atoms with Crippen molar-refractivity contribution in [3.05, 3.63) is 65.4 Å². The third kappa shape index (κ3) is 4.27. The summed E-state index contributed by atoms with van der Waals surface area (Å²) in [4.78, 5) is 23.5. The molecule has 0 radical (unpaired) electrons. The van der Waals surface area contributed by atoms with Gasteiger partial charge in [0.1, 0.15) is 17.1 Å². The molecule has 3 rings (SSSR count). The average Bonchev–Trinajstić information content (AvgIpc) is 3.08. The van der Waals surface area contributed by atoms with Crippen LogP contribution < -0.4 is 4.74 Å². The first-order valence-corrected chi connectivity index (χ1v) is 8.61. The molecular formula is C22H17NO5. The third-order valence-electron chi connectivity index (χ3n) is 3.87. The van der Waals surface area contributed by atoms with E-state index in [2.05, 4.69) is 6.07 Å². The number of furan rings is 1. The number of rotatable bonds is 5. The molecule has 1 aromatic heterocycles. The van der Waals surface area contributed by atoms with Gasteiger partial charge in [0.2, 0.25) is 0 Å². The molecule has 2 aromatic carbocycles. The van der Waals surface area contributed by atoms with Gasteiger partial charge in [-0.2, -0.15) is 5.26 Å². The van der Waals surface area contributed by atoms with Gasteiger partial charge in [-0.3, -0.25) is 4.79 Å². The number of hydrogen-bond acceptors (Lipinski definition) is 6. The van der Waals surface area contributed by atoms with Crippen LogP contribution in [0, 0.1) is 11.3 Å². The fourth-order valence-electron chi connectivity index (χ4n) is 2.68. The molecule has 3 aromatic rings. The Morgan fingerprint density at radius 1 is 1.14 bits per heavy atom. The quantitative estimate of drug-likeness (QED) is 0.374. The molecule has 0 aliphatic rings. The zero-order valence-electron chi connectivity index (χ0n) is 15.4. The largest absolute Gasteiger partial charge is 0.462 e. The molecule has 0 N–H and O–H groups in total. The van der Waals surface area contributed by atoms with Crippen LogP contribution in [0.15, 0.2) is 52.9 Å². The van der Waals surface area contributed by atoms with E-state index in [4.69, 9.17) is 19.2 Å². The number of carbonyl (C=O) groups is 2. The zero-order chi connectivity index (χ0) is 20.1. The summed E-state index contributed by atoms with van der Waals surface area (Å²) >= 11 is 0. The van der Waals surface area contributed by atoms with Crippen molar-refractivity contribution in [3.63, 3.8) is 0 Å². The van der Waals surface area contributed by atoms with Gasteiger partial charge in [0, 0.05) is 12.3 Å². The summed E-state index contributed by atoms with van der Waals surface area (Å²) in [5, 5.41) is 9.78. The van der Waals surface area contributed by atoms with Crippen molar-refractivity contribution in [2.75, 3.05) is 6.61 Å². The van der Waals surface area contributed by atoms with Gasteiger partial charge in [0.05, 0.1) is 23.8 Å². The fraction of sp³-hybridized carbons (Fsp3) is 0.136. The summed E-state index contributed by atoms with van der Waals surface area (Å²) in [7, 11) is 0. The van der Waals surface area contributed by atoms with Gasteiger partial charge < -0.3 is 13.9 Å². The smallest absolute Gasteiger partial charge is 0.338 e. The Hall–Kier alpha value is -3.85. The van der Waals surface area contributed by atoms with Gasteiger partial charge in [-0.15, -0.1) is 0 Å². The normalized spacial score (nSPS) is 11.1. The van der Waals surface area contributed by atoms with Crippen LogP contribution in [-0.4, -0.2) is 18.5 Å². The van der Waals surface area contributed by atoms with E-state index in [1.807, 2.05) is 0 Å². The first-order chi connectivity index (χ1) is 13.5. The molecule has 6 heteroatoms. The summed E-state index contributed by atoms with van der Waals surface area (Å²) < 4.78 is 15.9. The molecule has 0 aliphatic carbocycles. The van der Waals surface area contributed by atoms with Gasteiger partial charge >= 0.3 is 11.9 Å². The van der Waals surface area contributed by atoms with E-state index in [1.165, 1.54) is 6.92 Å². The number of carbonyl (C=O) groups excluding carboxylic acids is 2. The SMILES string of the molecule is CCOC(=O)C(=Cc1cc2cc(C#N)ccc2o1)c1ccc(OC(C)=O)cc1. The zero-order valence-corrected chi connectivity index (χ0v) is 15.4. The number of nitriles is 1. The molecule has 0 unspecified atom stereocenters. The van der Waals surface area contributed by atoms with E-state index in [0.717, 1.165) is 5.39 Å². The van der Waals surface area contributed by atoms with Gasteiger partial charge in [-0.25, -0.2) is 4.79 Å². The Kier molecular flexibility index (Phi) is 5.56. The molecule has 0 amide bonds. The van der Waals surface area contributed by atoms with E-state index in [1.54, 1.807) is 61.5 Å². The minimum atomic E-state index is -0.499. The molecule has 0 saturated carbocycles. The lowest BCUT2D eigenvalue weighted by atomic mass is 10.0. The number of benzene rings is 2. The standard InChI is InChI=1S/C22H17NO5/c1-3-26-22(25)20(16-5-7-18(8-6-16)27-14(2)24)12-19-11-17-10-15(13-23)4-9-21(17)28-19/h4-12H,3H2,1-2H3. The lowest BCUT2D eigenvalue weighted by Crippen LogP contribution is -2.07. The molecular weight excluding hydrogens is 358 g/mol. The van der Waals surface area contributed by atoms with Crippen molar-refractivity contribution in [1.82, 2.24) is 0 Å². The highest BCUT2D eigenvalue weighted by Crippen LogP contribution is 2.27. The van der Waals surface area contributed by atoms with Crippen LogP contribution >= 0.6 is 0 Å². The molecule has 0 aliphatic heterocycles. The van der Waals surface area contributed by atoms with Crippen molar-refractivity contribution < 1.29 is 23.5 Å². The number of nitrogens with zero attached hydrogens (tertiary/aromatic N) is 1. The molecule has 28 heavy (non-hydrogen) atoms. The van der Waals surface area contributed by atoms with Crippen LogP contribution in [0.25, 0.3) is 22.6 Å². The maximum absolute atomic E-state index is 12.5. The molecule has 1 heterocycles. The molecule has 0 spiro atoms. The van der Waals surface area contributed by atoms with Crippen LogP contribution in [-0.2, 0) is 14.3 Å². The van der Waals surface area contributed by atoms with Crippen LogP contribution in [0.1, 0.15) is 30.7 Å². The van der Waals surface area contributed by atoms with E-state index in [0.29, 0.717) is 33.8 Å². The Morgan fingerprint density at radius 3 is 2.54 bits per heavy atom. The first kappa shape index (κ1) is 18.9. The maximum Gasteiger partial charge on any atom is 0.338 e. The van der Waals surface area contributed by atoms with E-state index < -0.39 is 11.9 Å². The van der Waals surface area contributed by atoms with E-state index in [-0.39, 0.29) is 6.61 Å². The number of hydrogen-bond donors (Lipinski definition) is 0. The minimum absolute atomic E-state index is 0.230. The summed E-state index contributed by atoms with van der Waals surface area (Å²) in [6, 6.07) is 15.5. The highest BCUT2D eigenvalue weighted by atomic mass is 16.5. The summed E-state index contributed by atoms with van der Waals surface area (Å²) in [6.45, 7) is 3.27. The molecule has 0 saturated heterocycles. The highest BCUT2D eigenvalue weighted by Gasteiger charge is 2.15. The Bertz CT molecular complexity index is 1100. The second kappa shape index (κ2) is 8.23. The second-order valence-electron chi connectivity index (χ2n) is 5.91. The van der Waals surface area contributed by atoms with Crippen LogP contribution in [0.4, 0.5) is 0 Å². The van der Waals surface area contributed by atoms with Crippen LogP contribution in [0.5, 0.6) is 5.75 Å². The van der Waals surface area contributed by atoms with Gasteiger partial charge in [-0.1, -0.05) is 12.1 Å². The van der Waals surface area contributed by atoms with Crippen molar-refractivity contribution in [2.24, 2.45) is 0 Å². The number of esters is 2. The van der Waals surface area contributed by atoms with E-state index in [9.17, 15) is 9.59 Å². The van der Waals surface area contributed by atoms with Crippen molar-refractivity contribution in [2.45, 2.75) is 13.8 Å². The number of ether oxygens (including phenoxy) is 2. The van der Waals surface area contributed by atoms with Crippen molar-refractivity contribution in [3.8, 4) is 11.8 Å². The maximum atomic E-state index is 12.5. The minimum Gasteiger partial charge on any atom is -0.462 e. The van der Waals surface area contributed by atoms with Crippen molar-refractivity contribution >= 4 is 34.6 Å². The molecule has 0 atom stereocenters. The van der Waals surface area contributed by atoms with Crippen LogP contribution in [0.3, 0.4) is 0 Å². The average molecular weight is 375 g/mol. The molecule has 6 nitrogen and oxygen atoms in total. The predicted octanol–water partition coefficient (Wildman–Crippen LogP) is 4.33. The number of fused-ring (bicyclic) bond motifs is 1. The van der Waals surface area contributed by atoms with Gasteiger partial charge in [0.25, 0.3) is 0 Å². The fourth-order valence-corrected chi connectivity index (χ4v) is 2.68. The predicted molar refractivity (Wildman–Crippen MR) is 103 cm³/mol. The highest BCUT2D eigenvalue weighted by molar-refractivity contribution is 6.21. The lowest BCUT2D eigenvalue weighted by Gasteiger charge is -2.08. The van der Waals surface area contributed by atoms with Crippen molar-refractivity contribution in [1.29, 1.82) is 5.26 Å². The summed E-state index contributed by atoms with van der Waals surface area (Å²) in [5.74, 6) is -0.0849. The van der Waals surface area contributed by atoms with Gasteiger partial charge in [-0.05, 0) is 55.0 Å². The summed E-state index contributed by atoms with van der Waals surface area (Å²) in [6.07, 6.45) is 1.59. The Labute approximate surface area is 161 Å². The Morgan fingerprint density at radius 2 is 1.89 bits per heavy atom. The Balaban J connectivity index is 2.01.